The Hall–Kier alpha value is -0.900. The third kappa shape index (κ3) is 3.10. The van der Waals surface area contributed by atoms with Gasteiger partial charge in [-0.25, -0.2) is 0 Å². The molecule has 0 spiro atoms. The highest BCUT2D eigenvalue weighted by Crippen LogP contribution is 2.37. The van der Waals surface area contributed by atoms with Crippen LogP contribution in [-0.2, 0) is 4.74 Å². The van der Waals surface area contributed by atoms with Crippen molar-refractivity contribution >= 4 is 0 Å². The largest absolute Gasteiger partial charge is 0.383 e. The number of nitrogens with zero attached hydrogens (tertiary/aromatic N) is 1. The molecule has 0 radical (unpaired) electrons. The SMILES string of the molecule is COCC(c1ccccc1)N(C)C(CN)C1CC1. The second kappa shape index (κ2) is 6.32. The van der Waals surface area contributed by atoms with Gasteiger partial charge in [-0.05, 0) is 31.4 Å². The number of likely N-dealkylation sites (N-methyl/N-ethyl adjacent to an activating group) is 1. The maximum Gasteiger partial charge on any atom is 0.0659 e. The van der Waals surface area contributed by atoms with Crippen LogP contribution in [0.3, 0.4) is 0 Å². The Balaban J connectivity index is 2.13. The van der Waals surface area contributed by atoms with Crippen molar-refractivity contribution in [1.29, 1.82) is 0 Å². The maximum atomic E-state index is 5.94. The predicted molar refractivity (Wildman–Crippen MR) is 74.4 cm³/mol. The van der Waals surface area contributed by atoms with Gasteiger partial charge < -0.3 is 10.5 Å². The lowest BCUT2D eigenvalue weighted by molar-refractivity contribution is 0.0747. The molecular formula is C15H24N2O. The first-order valence-electron chi connectivity index (χ1n) is 6.73. The summed E-state index contributed by atoms with van der Waals surface area (Å²) in [6, 6.07) is 11.3. The summed E-state index contributed by atoms with van der Waals surface area (Å²) in [6.07, 6.45) is 2.64. The molecule has 1 aromatic rings. The topological polar surface area (TPSA) is 38.5 Å². The van der Waals surface area contributed by atoms with Gasteiger partial charge in [-0.15, -0.1) is 0 Å². The first-order chi connectivity index (χ1) is 8.77. The fourth-order valence-electron chi connectivity index (χ4n) is 2.69. The summed E-state index contributed by atoms with van der Waals surface area (Å²) in [4.78, 5) is 2.40. The summed E-state index contributed by atoms with van der Waals surface area (Å²) in [5.74, 6) is 0.781. The lowest BCUT2D eigenvalue weighted by Crippen LogP contribution is -2.43. The second-order valence-electron chi connectivity index (χ2n) is 5.19. The summed E-state index contributed by atoms with van der Waals surface area (Å²) in [7, 11) is 3.94. The van der Waals surface area contributed by atoms with Crippen LogP contribution in [-0.4, -0.2) is 38.3 Å². The molecular weight excluding hydrogens is 224 g/mol. The zero-order valence-corrected chi connectivity index (χ0v) is 11.4. The van der Waals surface area contributed by atoms with Crippen molar-refractivity contribution in [1.82, 2.24) is 4.90 Å². The normalized spacial score (nSPS) is 18.9. The van der Waals surface area contributed by atoms with Gasteiger partial charge in [0.1, 0.15) is 0 Å². The molecule has 0 heterocycles. The molecule has 1 aromatic carbocycles. The van der Waals surface area contributed by atoms with Gasteiger partial charge in [0, 0.05) is 19.7 Å². The van der Waals surface area contributed by atoms with Gasteiger partial charge in [-0.1, -0.05) is 30.3 Å². The molecule has 1 saturated carbocycles. The van der Waals surface area contributed by atoms with E-state index in [1.807, 2.05) is 0 Å². The van der Waals surface area contributed by atoms with Gasteiger partial charge in [0.15, 0.2) is 0 Å². The molecule has 0 aliphatic heterocycles. The minimum atomic E-state index is 0.297. The Morgan fingerprint density at radius 2 is 2.00 bits per heavy atom. The van der Waals surface area contributed by atoms with E-state index in [1.165, 1.54) is 18.4 Å². The summed E-state index contributed by atoms with van der Waals surface area (Å²) >= 11 is 0. The van der Waals surface area contributed by atoms with E-state index in [0.29, 0.717) is 18.7 Å². The highest BCUT2D eigenvalue weighted by Gasteiger charge is 2.35. The van der Waals surface area contributed by atoms with Crippen molar-refractivity contribution in [3.63, 3.8) is 0 Å². The Kier molecular flexibility index (Phi) is 4.75. The third-order valence-corrected chi connectivity index (χ3v) is 3.93. The summed E-state index contributed by atoms with van der Waals surface area (Å²) in [6.45, 7) is 1.44. The number of nitrogens with two attached hydrogens (primary N) is 1. The number of methoxy groups -OCH3 is 1. The van der Waals surface area contributed by atoms with E-state index in [1.54, 1.807) is 7.11 Å². The van der Waals surface area contributed by atoms with E-state index in [2.05, 4.69) is 42.3 Å². The molecule has 100 valence electrons. The standard InChI is InChI=1S/C15H24N2O/c1-17(14(10-16)13-8-9-13)15(11-18-2)12-6-4-3-5-7-12/h3-7,13-15H,8-11,16H2,1-2H3. The Labute approximate surface area is 110 Å². The van der Waals surface area contributed by atoms with Crippen molar-refractivity contribution in [2.24, 2.45) is 11.7 Å². The molecule has 2 N–H and O–H groups in total. The summed E-state index contributed by atoms with van der Waals surface area (Å²) in [5.41, 5.74) is 7.25. The van der Waals surface area contributed by atoms with Crippen molar-refractivity contribution in [3.8, 4) is 0 Å². The average Bonchev–Trinajstić information content (AvgIpc) is 3.22. The van der Waals surface area contributed by atoms with Crippen molar-refractivity contribution < 1.29 is 4.74 Å². The van der Waals surface area contributed by atoms with Crippen LogP contribution in [0.2, 0.25) is 0 Å². The molecule has 1 fully saturated rings. The van der Waals surface area contributed by atoms with Crippen LogP contribution < -0.4 is 5.73 Å². The molecule has 0 saturated heterocycles. The lowest BCUT2D eigenvalue weighted by atomic mass is 10.0. The number of rotatable bonds is 7. The number of hydrogen-bond acceptors (Lipinski definition) is 3. The van der Waals surface area contributed by atoms with Crippen LogP contribution in [0.25, 0.3) is 0 Å². The van der Waals surface area contributed by atoms with Crippen LogP contribution in [0.1, 0.15) is 24.4 Å². The van der Waals surface area contributed by atoms with E-state index in [-0.39, 0.29) is 0 Å². The fraction of sp³-hybridized carbons (Fsp3) is 0.600. The van der Waals surface area contributed by atoms with Crippen molar-refractivity contribution in [2.75, 3.05) is 27.3 Å². The average molecular weight is 248 g/mol. The molecule has 0 aromatic heterocycles. The molecule has 2 rings (SSSR count). The second-order valence-corrected chi connectivity index (χ2v) is 5.19. The van der Waals surface area contributed by atoms with Gasteiger partial charge >= 0.3 is 0 Å². The Morgan fingerprint density at radius 1 is 1.33 bits per heavy atom. The Bertz CT molecular complexity index is 351. The fourth-order valence-corrected chi connectivity index (χ4v) is 2.69. The van der Waals surface area contributed by atoms with Crippen LogP contribution >= 0.6 is 0 Å². The number of hydrogen-bond donors (Lipinski definition) is 1. The predicted octanol–water partition coefficient (Wildman–Crippen LogP) is 2.04. The highest BCUT2D eigenvalue weighted by atomic mass is 16.5. The first-order valence-corrected chi connectivity index (χ1v) is 6.73. The van der Waals surface area contributed by atoms with Gasteiger partial charge in [-0.2, -0.15) is 0 Å². The van der Waals surface area contributed by atoms with E-state index < -0.39 is 0 Å². The molecule has 2 unspecified atom stereocenters. The van der Waals surface area contributed by atoms with Crippen LogP contribution in [0, 0.1) is 5.92 Å². The minimum Gasteiger partial charge on any atom is -0.383 e. The molecule has 0 bridgehead atoms. The quantitative estimate of drug-likeness (QED) is 0.802. The minimum absolute atomic E-state index is 0.297. The van der Waals surface area contributed by atoms with E-state index in [9.17, 15) is 0 Å². The molecule has 1 aliphatic rings. The van der Waals surface area contributed by atoms with E-state index in [4.69, 9.17) is 10.5 Å². The van der Waals surface area contributed by atoms with Crippen LogP contribution in [0.4, 0.5) is 0 Å². The molecule has 0 amide bonds. The van der Waals surface area contributed by atoms with Gasteiger partial charge in [0.05, 0.1) is 12.6 Å². The highest BCUT2D eigenvalue weighted by molar-refractivity contribution is 5.19. The molecule has 2 atom stereocenters. The number of ether oxygens (including phenoxy) is 1. The van der Waals surface area contributed by atoms with Gasteiger partial charge in [0.2, 0.25) is 0 Å². The smallest absolute Gasteiger partial charge is 0.0659 e. The zero-order valence-electron chi connectivity index (χ0n) is 11.4. The Morgan fingerprint density at radius 3 is 2.50 bits per heavy atom. The molecule has 1 aliphatic carbocycles. The summed E-state index contributed by atoms with van der Waals surface area (Å²) < 4.78 is 5.39. The lowest BCUT2D eigenvalue weighted by Gasteiger charge is -2.34. The van der Waals surface area contributed by atoms with Crippen molar-refractivity contribution in [2.45, 2.75) is 24.9 Å². The third-order valence-electron chi connectivity index (χ3n) is 3.93. The van der Waals surface area contributed by atoms with E-state index in [0.717, 1.165) is 12.5 Å². The molecule has 3 heteroatoms. The maximum absolute atomic E-state index is 5.94. The zero-order chi connectivity index (χ0) is 13.0. The summed E-state index contributed by atoms with van der Waals surface area (Å²) in [5, 5.41) is 0. The monoisotopic (exact) mass is 248 g/mol. The molecule has 18 heavy (non-hydrogen) atoms. The first kappa shape index (κ1) is 13.5. The molecule has 3 nitrogen and oxygen atoms in total. The van der Waals surface area contributed by atoms with Gasteiger partial charge in [-0.3, -0.25) is 4.90 Å². The number of benzene rings is 1. The van der Waals surface area contributed by atoms with Crippen LogP contribution in [0.15, 0.2) is 30.3 Å². The van der Waals surface area contributed by atoms with Gasteiger partial charge in [0.25, 0.3) is 0 Å². The van der Waals surface area contributed by atoms with E-state index >= 15 is 0 Å². The van der Waals surface area contributed by atoms with Crippen molar-refractivity contribution in [3.05, 3.63) is 35.9 Å². The van der Waals surface area contributed by atoms with Crippen LogP contribution in [0.5, 0.6) is 0 Å².